The van der Waals surface area contributed by atoms with Crippen molar-refractivity contribution in [2.24, 2.45) is 0 Å². The summed E-state index contributed by atoms with van der Waals surface area (Å²) in [4.78, 5) is 4.34. The van der Waals surface area contributed by atoms with E-state index >= 15 is 0 Å². The average molecular weight is 306 g/mol. The zero-order chi connectivity index (χ0) is 15.7. The number of alkyl halides is 3. The molecule has 6 heteroatoms. The SMILES string of the molecule is COc1ccc(-c2nc3ccccn3c2CC(F)(F)F)cc1. The molecular formula is C16H13F3N2O. The Hall–Kier alpha value is -2.50. The molecule has 1 aromatic carbocycles. The topological polar surface area (TPSA) is 26.5 Å². The second-order valence-electron chi connectivity index (χ2n) is 4.86. The van der Waals surface area contributed by atoms with E-state index in [1.807, 2.05) is 0 Å². The standard InChI is InChI=1S/C16H13F3N2O/c1-22-12-7-5-11(6-8-12)15-13(10-16(17,18)19)21-9-3-2-4-14(21)20-15/h2-9H,10H2,1H3. The molecule has 0 aliphatic carbocycles. The quantitative estimate of drug-likeness (QED) is 0.728. The summed E-state index contributed by atoms with van der Waals surface area (Å²) in [5.41, 5.74) is 1.59. The van der Waals surface area contributed by atoms with E-state index in [0.29, 0.717) is 22.7 Å². The minimum absolute atomic E-state index is 0.133. The smallest absolute Gasteiger partial charge is 0.394 e. The van der Waals surface area contributed by atoms with E-state index in [2.05, 4.69) is 4.98 Å². The number of benzene rings is 1. The van der Waals surface area contributed by atoms with Gasteiger partial charge in [0.15, 0.2) is 0 Å². The number of nitrogens with zero attached hydrogens (tertiary/aromatic N) is 2. The fraction of sp³-hybridized carbons (Fsp3) is 0.188. The van der Waals surface area contributed by atoms with Crippen molar-refractivity contribution in [3.63, 3.8) is 0 Å². The Morgan fingerprint density at radius 2 is 1.82 bits per heavy atom. The maximum Gasteiger partial charge on any atom is 0.394 e. The lowest BCUT2D eigenvalue weighted by Gasteiger charge is -2.09. The highest BCUT2D eigenvalue weighted by atomic mass is 19.4. The number of hydrogen-bond donors (Lipinski definition) is 0. The maximum absolute atomic E-state index is 12.9. The Morgan fingerprint density at radius 3 is 2.45 bits per heavy atom. The molecule has 0 N–H and O–H groups in total. The van der Waals surface area contributed by atoms with Crippen molar-refractivity contribution in [2.45, 2.75) is 12.6 Å². The van der Waals surface area contributed by atoms with Crippen molar-refractivity contribution in [3.05, 3.63) is 54.4 Å². The van der Waals surface area contributed by atoms with Crippen LogP contribution in [0.4, 0.5) is 13.2 Å². The highest BCUT2D eigenvalue weighted by Gasteiger charge is 2.31. The molecule has 3 aromatic rings. The van der Waals surface area contributed by atoms with Gasteiger partial charge in [0.1, 0.15) is 11.4 Å². The van der Waals surface area contributed by atoms with Crippen LogP contribution >= 0.6 is 0 Å². The van der Waals surface area contributed by atoms with Gasteiger partial charge >= 0.3 is 6.18 Å². The third-order valence-electron chi connectivity index (χ3n) is 3.36. The number of aromatic nitrogens is 2. The predicted molar refractivity (Wildman–Crippen MR) is 76.9 cm³/mol. The van der Waals surface area contributed by atoms with E-state index < -0.39 is 12.6 Å². The molecule has 2 heterocycles. The summed E-state index contributed by atoms with van der Waals surface area (Å²) in [6, 6.07) is 11.9. The Morgan fingerprint density at radius 1 is 1.09 bits per heavy atom. The number of imidazole rings is 1. The average Bonchev–Trinajstić information content (AvgIpc) is 2.84. The molecule has 0 bridgehead atoms. The number of pyridine rings is 1. The number of methoxy groups -OCH3 is 1. The normalized spacial score (nSPS) is 11.8. The molecule has 0 aliphatic heterocycles. The fourth-order valence-electron chi connectivity index (χ4n) is 2.39. The van der Waals surface area contributed by atoms with Crippen LogP contribution in [0.3, 0.4) is 0 Å². The second kappa shape index (κ2) is 5.36. The first kappa shape index (κ1) is 14.4. The molecule has 0 aliphatic rings. The van der Waals surface area contributed by atoms with E-state index in [-0.39, 0.29) is 5.69 Å². The first-order valence-corrected chi connectivity index (χ1v) is 6.65. The molecule has 0 saturated carbocycles. The summed E-state index contributed by atoms with van der Waals surface area (Å²) < 4.78 is 45.2. The van der Waals surface area contributed by atoms with E-state index in [1.165, 1.54) is 11.5 Å². The van der Waals surface area contributed by atoms with E-state index in [4.69, 9.17) is 4.74 Å². The zero-order valence-corrected chi connectivity index (χ0v) is 11.8. The van der Waals surface area contributed by atoms with E-state index in [1.54, 1.807) is 48.7 Å². The molecule has 114 valence electrons. The molecule has 22 heavy (non-hydrogen) atoms. The molecule has 0 unspecified atom stereocenters. The molecule has 0 saturated heterocycles. The van der Waals surface area contributed by atoms with Crippen molar-refractivity contribution >= 4 is 5.65 Å². The first-order chi connectivity index (χ1) is 10.5. The molecule has 3 nitrogen and oxygen atoms in total. The highest BCUT2D eigenvalue weighted by Crippen LogP contribution is 2.31. The van der Waals surface area contributed by atoms with Gasteiger partial charge in [-0.2, -0.15) is 13.2 Å². The van der Waals surface area contributed by atoms with Crippen molar-refractivity contribution in [3.8, 4) is 17.0 Å². The lowest BCUT2D eigenvalue weighted by atomic mass is 10.1. The third-order valence-corrected chi connectivity index (χ3v) is 3.36. The van der Waals surface area contributed by atoms with Crippen LogP contribution in [-0.2, 0) is 6.42 Å². The van der Waals surface area contributed by atoms with Crippen LogP contribution in [0, 0.1) is 0 Å². The second-order valence-corrected chi connectivity index (χ2v) is 4.86. The summed E-state index contributed by atoms with van der Waals surface area (Å²) >= 11 is 0. The summed E-state index contributed by atoms with van der Waals surface area (Å²) in [5.74, 6) is 0.643. The Balaban J connectivity index is 2.16. The third kappa shape index (κ3) is 2.77. The van der Waals surface area contributed by atoms with Gasteiger partial charge in [-0.05, 0) is 36.4 Å². The fourth-order valence-corrected chi connectivity index (χ4v) is 2.39. The Kier molecular flexibility index (Phi) is 3.52. The van der Waals surface area contributed by atoms with Gasteiger partial charge in [0.05, 0.1) is 24.9 Å². The number of ether oxygens (including phenoxy) is 1. The Labute approximate surface area is 125 Å². The van der Waals surface area contributed by atoms with E-state index in [9.17, 15) is 13.2 Å². The number of hydrogen-bond acceptors (Lipinski definition) is 2. The molecule has 0 atom stereocenters. The van der Waals surface area contributed by atoms with Crippen molar-refractivity contribution < 1.29 is 17.9 Å². The van der Waals surface area contributed by atoms with Gasteiger partial charge in [-0.15, -0.1) is 0 Å². The lowest BCUT2D eigenvalue weighted by molar-refractivity contribution is -0.127. The number of fused-ring (bicyclic) bond motifs is 1. The summed E-state index contributed by atoms with van der Waals surface area (Å²) in [6.07, 6.45) is -3.73. The summed E-state index contributed by atoms with van der Waals surface area (Å²) in [6.45, 7) is 0. The minimum atomic E-state index is -4.30. The van der Waals surface area contributed by atoms with Crippen LogP contribution < -0.4 is 4.74 Å². The minimum Gasteiger partial charge on any atom is -0.497 e. The molecular weight excluding hydrogens is 293 g/mol. The van der Waals surface area contributed by atoms with Crippen LogP contribution in [0.15, 0.2) is 48.7 Å². The van der Waals surface area contributed by atoms with Crippen molar-refractivity contribution in [1.29, 1.82) is 0 Å². The van der Waals surface area contributed by atoms with Crippen LogP contribution in [0.2, 0.25) is 0 Å². The molecule has 2 aromatic heterocycles. The van der Waals surface area contributed by atoms with Gasteiger partial charge in [-0.3, -0.25) is 0 Å². The van der Waals surface area contributed by atoms with Crippen LogP contribution in [-0.4, -0.2) is 22.7 Å². The maximum atomic E-state index is 12.9. The van der Waals surface area contributed by atoms with Crippen molar-refractivity contribution in [2.75, 3.05) is 7.11 Å². The van der Waals surface area contributed by atoms with Gasteiger partial charge < -0.3 is 9.14 Å². The molecule has 3 rings (SSSR count). The molecule has 0 radical (unpaired) electrons. The van der Waals surface area contributed by atoms with Gasteiger partial charge in [-0.25, -0.2) is 4.98 Å². The lowest BCUT2D eigenvalue weighted by Crippen LogP contribution is -2.14. The summed E-state index contributed by atoms with van der Waals surface area (Å²) in [5, 5.41) is 0. The number of halogens is 3. The van der Waals surface area contributed by atoms with Crippen LogP contribution in [0.25, 0.3) is 16.9 Å². The van der Waals surface area contributed by atoms with Gasteiger partial charge in [-0.1, -0.05) is 6.07 Å². The first-order valence-electron chi connectivity index (χ1n) is 6.65. The predicted octanol–water partition coefficient (Wildman–Crippen LogP) is 4.11. The van der Waals surface area contributed by atoms with Gasteiger partial charge in [0.25, 0.3) is 0 Å². The van der Waals surface area contributed by atoms with Crippen LogP contribution in [0.1, 0.15) is 5.69 Å². The number of rotatable bonds is 3. The highest BCUT2D eigenvalue weighted by molar-refractivity contribution is 5.67. The largest absolute Gasteiger partial charge is 0.497 e. The molecule has 0 amide bonds. The molecule has 0 spiro atoms. The van der Waals surface area contributed by atoms with Crippen LogP contribution in [0.5, 0.6) is 5.75 Å². The Bertz CT molecular complexity index is 791. The monoisotopic (exact) mass is 306 g/mol. The van der Waals surface area contributed by atoms with Gasteiger partial charge in [0.2, 0.25) is 0 Å². The molecule has 0 fully saturated rings. The summed E-state index contributed by atoms with van der Waals surface area (Å²) in [7, 11) is 1.54. The van der Waals surface area contributed by atoms with Gasteiger partial charge in [0, 0.05) is 11.8 Å². The van der Waals surface area contributed by atoms with Crippen molar-refractivity contribution in [1.82, 2.24) is 9.38 Å². The van der Waals surface area contributed by atoms with E-state index in [0.717, 1.165) is 0 Å². The zero-order valence-electron chi connectivity index (χ0n) is 11.8.